The zero-order valence-corrected chi connectivity index (χ0v) is 11.0. The molecule has 0 fully saturated rings. The summed E-state index contributed by atoms with van der Waals surface area (Å²) in [5, 5.41) is 2.81. The van der Waals surface area contributed by atoms with Gasteiger partial charge >= 0.3 is 0 Å². The number of aromatic nitrogens is 2. The summed E-state index contributed by atoms with van der Waals surface area (Å²) in [5.74, 6) is 0. The Hall–Kier alpha value is -2.36. The summed E-state index contributed by atoms with van der Waals surface area (Å²) in [4.78, 5) is 16.7. The van der Waals surface area contributed by atoms with Crippen molar-refractivity contribution in [2.45, 2.75) is 6.92 Å². The standard InChI is InChI=1S/C15H17N3O/c1-4-9-17(10-5-2)18-14-13(7-6-8-16-14)11-12(3)15(18)19/h4-8,11H,1-2,9-10H2,3H3. The van der Waals surface area contributed by atoms with E-state index in [9.17, 15) is 4.79 Å². The Morgan fingerprint density at radius 1 is 1.37 bits per heavy atom. The predicted molar refractivity (Wildman–Crippen MR) is 79.1 cm³/mol. The van der Waals surface area contributed by atoms with Gasteiger partial charge in [0.1, 0.15) is 0 Å². The van der Waals surface area contributed by atoms with Crippen LogP contribution in [-0.4, -0.2) is 22.7 Å². The third-order valence-electron chi connectivity index (χ3n) is 2.88. The van der Waals surface area contributed by atoms with Gasteiger partial charge in [0.25, 0.3) is 5.56 Å². The minimum atomic E-state index is -0.0603. The van der Waals surface area contributed by atoms with Gasteiger partial charge in [-0.1, -0.05) is 12.2 Å². The molecular formula is C15H17N3O. The van der Waals surface area contributed by atoms with Crippen LogP contribution in [0.25, 0.3) is 11.0 Å². The Morgan fingerprint density at radius 3 is 2.68 bits per heavy atom. The molecule has 19 heavy (non-hydrogen) atoms. The number of hydrogen-bond acceptors (Lipinski definition) is 3. The van der Waals surface area contributed by atoms with E-state index >= 15 is 0 Å². The van der Waals surface area contributed by atoms with E-state index in [0.29, 0.717) is 24.3 Å². The maximum absolute atomic E-state index is 12.4. The highest BCUT2D eigenvalue weighted by Gasteiger charge is 2.12. The van der Waals surface area contributed by atoms with Crippen LogP contribution in [0.15, 0.2) is 54.5 Å². The van der Waals surface area contributed by atoms with Crippen molar-refractivity contribution in [3.05, 3.63) is 65.6 Å². The van der Waals surface area contributed by atoms with E-state index in [-0.39, 0.29) is 5.56 Å². The highest BCUT2D eigenvalue weighted by molar-refractivity contribution is 5.75. The van der Waals surface area contributed by atoms with Gasteiger partial charge in [-0.05, 0) is 25.1 Å². The van der Waals surface area contributed by atoms with Gasteiger partial charge in [0, 0.05) is 17.1 Å². The molecule has 0 saturated carbocycles. The summed E-state index contributed by atoms with van der Waals surface area (Å²) in [6.07, 6.45) is 5.20. The van der Waals surface area contributed by atoms with Crippen molar-refractivity contribution in [1.29, 1.82) is 0 Å². The third-order valence-corrected chi connectivity index (χ3v) is 2.88. The maximum atomic E-state index is 12.4. The average Bonchev–Trinajstić information content (AvgIpc) is 2.40. The van der Waals surface area contributed by atoms with Crippen LogP contribution in [0.1, 0.15) is 5.56 Å². The van der Waals surface area contributed by atoms with Crippen molar-refractivity contribution < 1.29 is 0 Å². The van der Waals surface area contributed by atoms with Crippen LogP contribution < -0.4 is 10.6 Å². The molecule has 2 rings (SSSR count). The molecule has 0 aliphatic heterocycles. The Balaban J connectivity index is 2.74. The monoisotopic (exact) mass is 255 g/mol. The molecule has 0 unspecified atom stereocenters. The van der Waals surface area contributed by atoms with Crippen molar-refractivity contribution in [3.8, 4) is 0 Å². The van der Waals surface area contributed by atoms with Crippen LogP contribution in [0.2, 0.25) is 0 Å². The Kier molecular flexibility index (Phi) is 3.80. The van der Waals surface area contributed by atoms with E-state index < -0.39 is 0 Å². The number of fused-ring (bicyclic) bond motifs is 1. The highest BCUT2D eigenvalue weighted by atomic mass is 16.1. The normalized spacial score (nSPS) is 10.4. The molecule has 0 aliphatic rings. The largest absolute Gasteiger partial charge is 0.301 e. The molecule has 2 heterocycles. The molecule has 0 N–H and O–H groups in total. The SMILES string of the molecule is C=CCN(CC=C)n1c(=O)c(C)cc2cccnc21. The van der Waals surface area contributed by atoms with E-state index in [1.807, 2.05) is 30.1 Å². The molecule has 2 aromatic rings. The van der Waals surface area contributed by atoms with Crippen molar-refractivity contribution in [3.63, 3.8) is 0 Å². The topological polar surface area (TPSA) is 38.1 Å². The Labute approximate surface area is 112 Å². The van der Waals surface area contributed by atoms with Gasteiger partial charge in [0.2, 0.25) is 0 Å². The fourth-order valence-corrected chi connectivity index (χ4v) is 2.06. The first-order chi connectivity index (χ1) is 9.19. The summed E-state index contributed by atoms with van der Waals surface area (Å²) in [6, 6.07) is 5.67. The van der Waals surface area contributed by atoms with E-state index in [1.165, 1.54) is 0 Å². The molecule has 0 atom stereocenters. The molecule has 0 bridgehead atoms. The third kappa shape index (κ3) is 2.42. The van der Waals surface area contributed by atoms with Gasteiger partial charge in [-0.15, -0.1) is 13.2 Å². The number of rotatable bonds is 5. The summed E-state index contributed by atoms with van der Waals surface area (Å²) in [5.41, 5.74) is 1.29. The molecule has 98 valence electrons. The lowest BCUT2D eigenvalue weighted by atomic mass is 10.2. The maximum Gasteiger partial charge on any atom is 0.273 e. The lowest BCUT2D eigenvalue weighted by Crippen LogP contribution is -2.43. The molecule has 4 heteroatoms. The van der Waals surface area contributed by atoms with Crippen LogP contribution >= 0.6 is 0 Å². The van der Waals surface area contributed by atoms with Gasteiger partial charge in [0.15, 0.2) is 5.65 Å². The van der Waals surface area contributed by atoms with Crippen molar-refractivity contribution >= 4 is 11.0 Å². The first-order valence-electron chi connectivity index (χ1n) is 6.13. The van der Waals surface area contributed by atoms with Gasteiger partial charge in [-0.2, -0.15) is 0 Å². The van der Waals surface area contributed by atoms with E-state index in [4.69, 9.17) is 0 Å². The number of hydrogen-bond donors (Lipinski definition) is 0. The van der Waals surface area contributed by atoms with Gasteiger partial charge in [0.05, 0.1) is 13.1 Å². The quantitative estimate of drug-likeness (QED) is 0.767. The predicted octanol–water partition coefficient (Wildman–Crippen LogP) is 2.01. The minimum absolute atomic E-state index is 0.0603. The minimum Gasteiger partial charge on any atom is -0.301 e. The summed E-state index contributed by atoms with van der Waals surface area (Å²) in [7, 11) is 0. The molecule has 0 saturated heterocycles. The van der Waals surface area contributed by atoms with Gasteiger partial charge in [-0.25, -0.2) is 9.66 Å². The molecule has 0 radical (unpaired) electrons. The Bertz CT molecular complexity index is 663. The first kappa shape index (κ1) is 13.1. The van der Waals surface area contributed by atoms with E-state index in [2.05, 4.69) is 18.1 Å². The second-order valence-corrected chi connectivity index (χ2v) is 4.31. The van der Waals surface area contributed by atoms with Crippen molar-refractivity contribution in [2.24, 2.45) is 0 Å². The van der Waals surface area contributed by atoms with Crippen LogP contribution in [0.4, 0.5) is 0 Å². The molecule has 0 aromatic carbocycles. The highest BCUT2D eigenvalue weighted by Crippen LogP contribution is 2.10. The van der Waals surface area contributed by atoms with Crippen LogP contribution in [0.5, 0.6) is 0 Å². The van der Waals surface area contributed by atoms with Crippen molar-refractivity contribution in [2.75, 3.05) is 18.1 Å². The van der Waals surface area contributed by atoms with E-state index in [1.54, 1.807) is 23.0 Å². The molecule has 2 aromatic heterocycles. The smallest absolute Gasteiger partial charge is 0.273 e. The second kappa shape index (κ2) is 5.52. The Morgan fingerprint density at radius 2 is 2.05 bits per heavy atom. The molecule has 0 aliphatic carbocycles. The lowest BCUT2D eigenvalue weighted by molar-refractivity contribution is 0.649. The number of pyridine rings is 2. The number of nitrogens with zero attached hydrogens (tertiary/aromatic N) is 3. The zero-order chi connectivity index (χ0) is 13.8. The molecule has 0 spiro atoms. The van der Waals surface area contributed by atoms with Gasteiger partial charge in [-0.3, -0.25) is 4.79 Å². The van der Waals surface area contributed by atoms with Crippen LogP contribution in [0.3, 0.4) is 0 Å². The van der Waals surface area contributed by atoms with E-state index in [0.717, 1.165) is 5.39 Å². The summed E-state index contributed by atoms with van der Waals surface area (Å²) in [6.45, 7) is 10.4. The zero-order valence-electron chi connectivity index (χ0n) is 11.0. The number of aryl methyl sites for hydroxylation is 1. The van der Waals surface area contributed by atoms with Gasteiger partial charge < -0.3 is 5.01 Å². The molecular weight excluding hydrogens is 238 g/mol. The molecule has 0 amide bonds. The van der Waals surface area contributed by atoms with Crippen LogP contribution in [0, 0.1) is 6.92 Å². The van der Waals surface area contributed by atoms with Crippen LogP contribution in [-0.2, 0) is 0 Å². The fourth-order valence-electron chi connectivity index (χ4n) is 2.06. The summed E-state index contributed by atoms with van der Waals surface area (Å²) < 4.78 is 1.61. The fraction of sp³-hybridized carbons (Fsp3) is 0.200. The average molecular weight is 255 g/mol. The first-order valence-corrected chi connectivity index (χ1v) is 6.13. The molecule has 4 nitrogen and oxygen atoms in total. The second-order valence-electron chi connectivity index (χ2n) is 4.31. The lowest BCUT2D eigenvalue weighted by Gasteiger charge is -2.25. The van der Waals surface area contributed by atoms with Crippen molar-refractivity contribution in [1.82, 2.24) is 9.66 Å². The summed E-state index contributed by atoms with van der Waals surface area (Å²) >= 11 is 0.